The van der Waals surface area contributed by atoms with Gasteiger partial charge in [0, 0.05) is 0 Å². The third-order valence-electron chi connectivity index (χ3n) is 0.667. The SMILES string of the molecule is CC(C)=[SiH]C(C)C. The van der Waals surface area contributed by atoms with Crippen molar-refractivity contribution in [2.24, 2.45) is 0 Å². The Bertz CT molecular complexity index is 68.2. The third-order valence-corrected chi connectivity index (χ3v) is 2.00. The van der Waals surface area contributed by atoms with E-state index < -0.39 is 0 Å². The lowest BCUT2D eigenvalue weighted by atomic mass is 10.6. The van der Waals surface area contributed by atoms with Gasteiger partial charge in [-0.2, -0.15) is 0 Å². The van der Waals surface area contributed by atoms with Gasteiger partial charge < -0.3 is 0 Å². The van der Waals surface area contributed by atoms with Crippen LogP contribution in [0.25, 0.3) is 0 Å². The molecule has 0 fully saturated rings. The molecular formula is C6H14Si. The summed E-state index contributed by atoms with van der Waals surface area (Å²) >= 11 is 0. The van der Waals surface area contributed by atoms with Gasteiger partial charge in [0.2, 0.25) is 0 Å². The zero-order valence-electron chi connectivity index (χ0n) is 5.65. The zero-order chi connectivity index (χ0) is 5.86. The van der Waals surface area contributed by atoms with Crippen molar-refractivity contribution in [3.63, 3.8) is 0 Å². The fourth-order valence-electron chi connectivity index (χ4n) is 0.667. The molecule has 0 aliphatic carbocycles. The lowest BCUT2D eigenvalue weighted by Gasteiger charge is -1.92. The molecule has 0 aromatic rings. The van der Waals surface area contributed by atoms with E-state index in [-0.39, 0.29) is 0 Å². The second-order valence-corrected chi connectivity index (χ2v) is 5.31. The van der Waals surface area contributed by atoms with E-state index in [1.807, 2.05) is 0 Å². The van der Waals surface area contributed by atoms with Gasteiger partial charge in [-0.1, -0.05) is 19.0 Å². The summed E-state index contributed by atoms with van der Waals surface area (Å²) in [6, 6.07) is 0. The Kier molecular flexibility index (Phi) is 3.18. The Hall–Kier alpha value is 0.0869. The van der Waals surface area contributed by atoms with Crippen molar-refractivity contribution in [2.45, 2.75) is 33.2 Å². The molecular weight excluding hydrogens is 100 g/mol. The molecule has 0 saturated carbocycles. The second kappa shape index (κ2) is 3.14. The molecule has 0 nitrogen and oxygen atoms in total. The Labute approximate surface area is 48.4 Å². The van der Waals surface area contributed by atoms with Crippen molar-refractivity contribution in [1.82, 2.24) is 0 Å². The topological polar surface area (TPSA) is 0 Å². The summed E-state index contributed by atoms with van der Waals surface area (Å²) in [4.78, 5) is 0. The predicted octanol–water partition coefficient (Wildman–Crippen LogP) is 1.46. The quantitative estimate of drug-likeness (QED) is 0.453. The predicted molar refractivity (Wildman–Crippen MR) is 38.6 cm³/mol. The molecule has 0 aliphatic rings. The average molecular weight is 114 g/mol. The van der Waals surface area contributed by atoms with E-state index >= 15 is 0 Å². The second-order valence-electron chi connectivity index (χ2n) is 2.49. The monoisotopic (exact) mass is 114 g/mol. The fourth-order valence-corrected chi connectivity index (χ4v) is 2.00. The molecule has 0 radical (unpaired) electrons. The van der Waals surface area contributed by atoms with E-state index in [0.29, 0.717) is 9.13 Å². The molecule has 0 atom stereocenters. The average Bonchev–Trinajstić information content (AvgIpc) is 1.27. The minimum atomic E-state index is 0.630. The highest BCUT2D eigenvalue weighted by Crippen LogP contribution is 1.91. The summed E-state index contributed by atoms with van der Waals surface area (Å²) in [5.41, 5.74) is 0.921. The van der Waals surface area contributed by atoms with Gasteiger partial charge in [0.25, 0.3) is 0 Å². The summed E-state index contributed by atoms with van der Waals surface area (Å²) < 4.78 is 0. The molecule has 0 N–H and O–H groups in total. The van der Waals surface area contributed by atoms with E-state index in [0.717, 1.165) is 5.54 Å². The highest BCUT2D eigenvalue weighted by molar-refractivity contribution is 6.54. The zero-order valence-corrected chi connectivity index (χ0v) is 6.81. The van der Waals surface area contributed by atoms with Crippen LogP contribution in [0.1, 0.15) is 27.7 Å². The van der Waals surface area contributed by atoms with Crippen molar-refractivity contribution < 1.29 is 0 Å². The molecule has 1 heteroatoms. The number of rotatable bonds is 1. The van der Waals surface area contributed by atoms with Crippen molar-refractivity contribution in [2.75, 3.05) is 0 Å². The van der Waals surface area contributed by atoms with Gasteiger partial charge in [-0.25, -0.2) is 0 Å². The van der Waals surface area contributed by atoms with Gasteiger partial charge in [0.15, 0.2) is 0 Å². The van der Waals surface area contributed by atoms with Crippen LogP contribution >= 0.6 is 0 Å². The molecule has 0 amide bonds. The van der Waals surface area contributed by atoms with Gasteiger partial charge in [0.1, 0.15) is 0 Å². The van der Waals surface area contributed by atoms with E-state index in [1.54, 1.807) is 5.17 Å². The third kappa shape index (κ3) is 6.09. The Morgan fingerprint density at radius 2 is 1.71 bits per heavy atom. The van der Waals surface area contributed by atoms with Gasteiger partial charge in [-0.15, -0.1) is 0 Å². The molecule has 0 aromatic heterocycles. The van der Waals surface area contributed by atoms with Crippen molar-refractivity contribution in [1.29, 1.82) is 0 Å². The minimum absolute atomic E-state index is 0.630. The smallest absolute Gasteiger partial charge is 0.00585 e. The molecule has 0 saturated heterocycles. The van der Waals surface area contributed by atoms with Crippen LogP contribution in [0.5, 0.6) is 0 Å². The van der Waals surface area contributed by atoms with Crippen molar-refractivity contribution in [3.05, 3.63) is 0 Å². The van der Waals surface area contributed by atoms with Crippen LogP contribution in [0.4, 0.5) is 0 Å². The van der Waals surface area contributed by atoms with Gasteiger partial charge >= 0.3 is 0 Å². The van der Waals surface area contributed by atoms with Crippen LogP contribution in [-0.4, -0.2) is 14.3 Å². The molecule has 0 unspecified atom stereocenters. The van der Waals surface area contributed by atoms with Gasteiger partial charge in [0.05, 0.1) is 0 Å². The number of hydrogen-bond donors (Lipinski definition) is 0. The molecule has 0 heterocycles. The first-order chi connectivity index (χ1) is 3.13. The minimum Gasteiger partial charge on any atom is -0.0984 e. The summed E-state index contributed by atoms with van der Waals surface area (Å²) in [6.07, 6.45) is 0. The summed E-state index contributed by atoms with van der Waals surface area (Å²) in [6.45, 7) is 9.00. The summed E-state index contributed by atoms with van der Waals surface area (Å²) in [5.74, 6) is 0. The molecule has 0 aromatic carbocycles. The van der Waals surface area contributed by atoms with E-state index in [9.17, 15) is 0 Å². The lowest BCUT2D eigenvalue weighted by molar-refractivity contribution is 1.07. The molecule has 7 heavy (non-hydrogen) atoms. The first-order valence-corrected chi connectivity index (χ1v) is 4.02. The van der Waals surface area contributed by atoms with E-state index in [1.165, 1.54) is 0 Å². The number of hydrogen-bond acceptors (Lipinski definition) is 0. The Morgan fingerprint density at radius 3 is 1.71 bits per heavy atom. The van der Waals surface area contributed by atoms with Crippen molar-refractivity contribution in [3.8, 4) is 0 Å². The van der Waals surface area contributed by atoms with Crippen LogP contribution in [-0.2, 0) is 0 Å². The largest absolute Gasteiger partial charge is 0.0984 e. The Morgan fingerprint density at radius 1 is 1.29 bits per heavy atom. The van der Waals surface area contributed by atoms with Crippen molar-refractivity contribution >= 4 is 14.3 Å². The van der Waals surface area contributed by atoms with Crippen LogP contribution in [0.3, 0.4) is 0 Å². The molecule has 0 spiro atoms. The van der Waals surface area contributed by atoms with E-state index in [2.05, 4.69) is 27.7 Å². The first kappa shape index (κ1) is 7.09. The molecule has 0 rings (SSSR count). The fraction of sp³-hybridized carbons (Fsp3) is 0.833. The summed E-state index contributed by atoms with van der Waals surface area (Å²) in [5, 5.41) is 1.62. The highest BCUT2D eigenvalue weighted by atomic mass is 28.2. The normalized spacial score (nSPS) is 9.29. The maximum atomic E-state index is 2.28. The molecule has 42 valence electrons. The maximum Gasteiger partial charge on any atom is -0.00585 e. The van der Waals surface area contributed by atoms with Crippen LogP contribution in [0.15, 0.2) is 0 Å². The first-order valence-electron chi connectivity index (χ1n) is 2.78. The van der Waals surface area contributed by atoms with Crippen LogP contribution in [0, 0.1) is 0 Å². The lowest BCUT2D eigenvalue weighted by Crippen LogP contribution is -1.94. The molecule has 0 bridgehead atoms. The summed E-state index contributed by atoms with van der Waals surface area (Å²) in [7, 11) is 0.630. The van der Waals surface area contributed by atoms with E-state index in [4.69, 9.17) is 0 Å². The standard InChI is InChI=1S/C6H14Si/c1-5(2)7-6(3)4/h5,7H,1-4H3. The molecule has 0 aliphatic heterocycles. The van der Waals surface area contributed by atoms with Crippen LogP contribution in [0.2, 0.25) is 5.54 Å². The maximum absolute atomic E-state index is 2.28. The Balaban J connectivity index is 3.45. The van der Waals surface area contributed by atoms with Crippen LogP contribution < -0.4 is 0 Å². The van der Waals surface area contributed by atoms with Gasteiger partial charge in [-0.3, -0.25) is 0 Å². The highest BCUT2D eigenvalue weighted by Gasteiger charge is 1.83. The van der Waals surface area contributed by atoms with Gasteiger partial charge in [-0.05, 0) is 28.5 Å².